The molecular formula is C12H10N6O2. The van der Waals surface area contributed by atoms with E-state index in [0.29, 0.717) is 17.3 Å². The topological polar surface area (TPSA) is 98.7 Å². The molecule has 0 fully saturated rings. The van der Waals surface area contributed by atoms with Crippen molar-refractivity contribution in [2.45, 2.75) is 0 Å². The number of nitrogens with zero attached hydrogens (tertiary/aromatic N) is 6. The molecule has 100 valence electrons. The first-order chi connectivity index (χ1) is 9.66. The number of aromatic carboxylic acids is 1. The molecular weight excluding hydrogens is 260 g/mol. The lowest BCUT2D eigenvalue weighted by Gasteiger charge is -1.99. The predicted molar refractivity (Wildman–Crippen MR) is 68.3 cm³/mol. The summed E-state index contributed by atoms with van der Waals surface area (Å²) < 4.78 is 2.90. The summed E-state index contributed by atoms with van der Waals surface area (Å²) in [5, 5.41) is 17.6. The van der Waals surface area contributed by atoms with Crippen LogP contribution in [0.5, 0.6) is 0 Å². The van der Waals surface area contributed by atoms with Gasteiger partial charge in [0.1, 0.15) is 11.3 Å². The summed E-state index contributed by atoms with van der Waals surface area (Å²) in [7, 11) is 1.72. The lowest BCUT2D eigenvalue weighted by Crippen LogP contribution is -2.01. The fourth-order valence-corrected chi connectivity index (χ4v) is 1.84. The lowest BCUT2D eigenvalue weighted by molar-refractivity contribution is 0.0697. The van der Waals surface area contributed by atoms with Gasteiger partial charge in [0.25, 0.3) is 0 Å². The molecule has 0 aliphatic rings. The van der Waals surface area contributed by atoms with Gasteiger partial charge in [0.2, 0.25) is 5.95 Å². The van der Waals surface area contributed by atoms with Crippen molar-refractivity contribution in [1.29, 1.82) is 0 Å². The van der Waals surface area contributed by atoms with Crippen molar-refractivity contribution in [3.63, 3.8) is 0 Å². The number of aryl methyl sites for hydroxylation is 1. The summed E-state index contributed by atoms with van der Waals surface area (Å²) >= 11 is 0. The molecule has 3 aromatic heterocycles. The number of carbonyl (C=O) groups is 1. The lowest BCUT2D eigenvalue weighted by atomic mass is 10.2. The quantitative estimate of drug-likeness (QED) is 0.754. The van der Waals surface area contributed by atoms with Gasteiger partial charge in [-0.25, -0.2) is 19.4 Å². The molecule has 3 aromatic rings. The third-order valence-corrected chi connectivity index (χ3v) is 2.77. The maximum Gasteiger partial charge on any atom is 0.339 e. The number of aromatic nitrogens is 6. The van der Waals surface area contributed by atoms with Gasteiger partial charge < -0.3 is 5.11 Å². The molecule has 0 aromatic carbocycles. The number of hydrogen-bond donors (Lipinski definition) is 1. The van der Waals surface area contributed by atoms with Gasteiger partial charge in [0.05, 0.1) is 5.69 Å². The van der Waals surface area contributed by atoms with E-state index < -0.39 is 5.97 Å². The van der Waals surface area contributed by atoms with Crippen LogP contribution in [0.2, 0.25) is 0 Å². The molecule has 3 rings (SSSR count). The second kappa shape index (κ2) is 4.57. The molecule has 0 unspecified atom stereocenters. The summed E-state index contributed by atoms with van der Waals surface area (Å²) in [6, 6.07) is 3.37. The van der Waals surface area contributed by atoms with E-state index in [9.17, 15) is 9.90 Å². The summed E-state index contributed by atoms with van der Waals surface area (Å²) in [5.74, 6) is -0.758. The third kappa shape index (κ3) is 1.92. The molecule has 0 bridgehead atoms. The van der Waals surface area contributed by atoms with Gasteiger partial charge in [-0.1, -0.05) is 0 Å². The Labute approximate surface area is 113 Å². The van der Waals surface area contributed by atoms with Crippen molar-refractivity contribution in [3.05, 3.63) is 42.5 Å². The zero-order valence-corrected chi connectivity index (χ0v) is 10.5. The molecule has 8 heteroatoms. The average molecular weight is 270 g/mol. The Hall–Kier alpha value is -3.03. The van der Waals surface area contributed by atoms with Crippen molar-refractivity contribution in [2.24, 2.45) is 7.05 Å². The summed E-state index contributed by atoms with van der Waals surface area (Å²) in [5.41, 5.74) is 1.00. The summed E-state index contributed by atoms with van der Waals surface area (Å²) in [6.07, 6.45) is 6.10. The zero-order chi connectivity index (χ0) is 14.1. The summed E-state index contributed by atoms with van der Waals surface area (Å²) in [6.45, 7) is 0. The molecule has 0 atom stereocenters. The van der Waals surface area contributed by atoms with E-state index in [1.807, 2.05) is 0 Å². The Morgan fingerprint density at radius 3 is 2.60 bits per heavy atom. The van der Waals surface area contributed by atoms with E-state index in [4.69, 9.17) is 0 Å². The first kappa shape index (κ1) is 12.0. The average Bonchev–Trinajstić information content (AvgIpc) is 3.05. The van der Waals surface area contributed by atoms with Crippen LogP contribution in [0.25, 0.3) is 17.3 Å². The Bertz CT molecular complexity index is 761. The minimum atomic E-state index is -1.07. The van der Waals surface area contributed by atoms with Crippen LogP contribution in [0.3, 0.4) is 0 Å². The van der Waals surface area contributed by atoms with Gasteiger partial charge in [0, 0.05) is 31.8 Å². The van der Waals surface area contributed by atoms with E-state index in [-0.39, 0.29) is 5.56 Å². The van der Waals surface area contributed by atoms with Crippen LogP contribution in [0.15, 0.2) is 36.9 Å². The number of carboxylic acid groups (broad SMARTS) is 1. The van der Waals surface area contributed by atoms with Crippen LogP contribution in [0, 0.1) is 0 Å². The highest BCUT2D eigenvalue weighted by Crippen LogP contribution is 2.22. The maximum atomic E-state index is 11.3. The highest BCUT2D eigenvalue weighted by molar-refractivity contribution is 5.94. The SMILES string of the molecule is Cn1nccc1-c1nn(-c2ncccn2)cc1C(=O)O. The van der Waals surface area contributed by atoms with Crippen LogP contribution in [-0.2, 0) is 7.05 Å². The first-order valence-corrected chi connectivity index (χ1v) is 5.75. The molecule has 0 spiro atoms. The fourth-order valence-electron chi connectivity index (χ4n) is 1.84. The highest BCUT2D eigenvalue weighted by Gasteiger charge is 2.20. The predicted octanol–water partition coefficient (Wildman–Crippen LogP) is 0.761. The number of rotatable bonds is 3. The van der Waals surface area contributed by atoms with E-state index in [1.165, 1.54) is 10.9 Å². The molecule has 0 amide bonds. The fraction of sp³-hybridized carbons (Fsp3) is 0.0833. The minimum Gasteiger partial charge on any atom is -0.478 e. The van der Waals surface area contributed by atoms with E-state index >= 15 is 0 Å². The van der Waals surface area contributed by atoms with Gasteiger partial charge in [0.15, 0.2) is 0 Å². The van der Waals surface area contributed by atoms with Gasteiger partial charge in [-0.2, -0.15) is 10.2 Å². The molecule has 20 heavy (non-hydrogen) atoms. The van der Waals surface area contributed by atoms with Crippen molar-refractivity contribution >= 4 is 5.97 Å². The van der Waals surface area contributed by atoms with Gasteiger partial charge >= 0.3 is 5.97 Å². The largest absolute Gasteiger partial charge is 0.478 e. The van der Waals surface area contributed by atoms with E-state index in [1.54, 1.807) is 42.5 Å². The molecule has 0 radical (unpaired) electrons. The second-order valence-corrected chi connectivity index (χ2v) is 4.03. The molecule has 0 saturated carbocycles. The Balaban J connectivity index is 2.18. The van der Waals surface area contributed by atoms with Crippen molar-refractivity contribution < 1.29 is 9.90 Å². The summed E-state index contributed by atoms with van der Waals surface area (Å²) in [4.78, 5) is 19.4. The Kier molecular flexibility index (Phi) is 2.75. The van der Waals surface area contributed by atoms with Crippen molar-refractivity contribution in [1.82, 2.24) is 29.5 Å². The van der Waals surface area contributed by atoms with Gasteiger partial charge in [-0.15, -0.1) is 0 Å². The second-order valence-electron chi connectivity index (χ2n) is 4.03. The normalized spacial score (nSPS) is 10.7. The number of hydrogen-bond acceptors (Lipinski definition) is 5. The van der Waals surface area contributed by atoms with E-state index in [0.717, 1.165) is 0 Å². The Morgan fingerprint density at radius 2 is 2.00 bits per heavy atom. The first-order valence-electron chi connectivity index (χ1n) is 5.75. The highest BCUT2D eigenvalue weighted by atomic mass is 16.4. The van der Waals surface area contributed by atoms with Gasteiger partial charge in [-0.05, 0) is 12.1 Å². The molecule has 0 aliphatic carbocycles. The third-order valence-electron chi connectivity index (χ3n) is 2.77. The molecule has 0 aliphatic heterocycles. The number of carboxylic acids is 1. The standard InChI is InChI=1S/C12H10N6O2/c1-17-9(3-6-15-17)10-8(11(19)20)7-18(16-10)12-13-4-2-5-14-12/h2-7H,1H3,(H,19,20). The van der Waals surface area contributed by atoms with Crippen LogP contribution in [0.4, 0.5) is 0 Å². The smallest absolute Gasteiger partial charge is 0.339 e. The Morgan fingerprint density at radius 1 is 1.25 bits per heavy atom. The molecule has 0 saturated heterocycles. The minimum absolute atomic E-state index is 0.0704. The zero-order valence-electron chi connectivity index (χ0n) is 10.5. The maximum absolute atomic E-state index is 11.3. The molecule has 3 heterocycles. The molecule has 8 nitrogen and oxygen atoms in total. The van der Waals surface area contributed by atoms with Crippen molar-refractivity contribution in [2.75, 3.05) is 0 Å². The van der Waals surface area contributed by atoms with E-state index in [2.05, 4.69) is 20.2 Å². The van der Waals surface area contributed by atoms with Crippen LogP contribution >= 0.6 is 0 Å². The van der Waals surface area contributed by atoms with Gasteiger partial charge in [-0.3, -0.25) is 4.68 Å². The monoisotopic (exact) mass is 270 g/mol. The van der Waals surface area contributed by atoms with Crippen LogP contribution < -0.4 is 0 Å². The van der Waals surface area contributed by atoms with Crippen LogP contribution in [0.1, 0.15) is 10.4 Å². The van der Waals surface area contributed by atoms with Crippen LogP contribution in [-0.4, -0.2) is 40.6 Å². The molecule has 1 N–H and O–H groups in total. The van der Waals surface area contributed by atoms with Crippen molar-refractivity contribution in [3.8, 4) is 17.3 Å².